The van der Waals surface area contributed by atoms with Crippen molar-refractivity contribution in [2.45, 2.75) is 38.5 Å². The van der Waals surface area contributed by atoms with Gasteiger partial charge in [0.2, 0.25) is 0 Å². The molecule has 1 heterocycles. The number of hydrogen-bond donors (Lipinski definition) is 2. The second kappa shape index (κ2) is 3.73. The molecule has 3 heteroatoms. The monoisotopic (exact) mass is 223 g/mol. The van der Waals surface area contributed by atoms with Gasteiger partial charge in [-0.15, -0.1) is 0 Å². The maximum absolute atomic E-state index is 11.5. The fourth-order valence-electron chi connectivity index (χ4n) is 4.32. The highest BCUT2D eigenvalue weighted by molar-refractivity contribution is 5.75. The lowest BCUT2D eigenvalue weighted by Gasteiger charge is -2.30. The second-order valence-corrected chi connectivity index (χ2v) is 6.15. The summed E-state index contributed by atoms with van der Waals surface area (Å²) < 4.78 is 0. The Morgan fingerprint density at radius 3 is 2.75 bits per heavy atom. The summed E-state index contributed by atoms with van der Waals surface area (Å²) in [4.78, 5) is 11.5. The van der Waals surface area contributed by atoms with E-state index in [9.17, 15) is 9.90 Å². The number of carboxylic acid groups (broad SMARTS) is 1. The largest absolute Gasteiger partial charge is 0.481 e. The molecule has 0 aromatic carbocycles. The summed E-state index contributed by atoms with van der Waals surface area (Å²) in [5.74, 6) is 1.91. The third-order valence-corrected chi connectivity index (χ3v) is 5.23. The van der Waals surface area contributed by atoms with Gasteiger partial charge in [0, 0.05) is 6.54 Å². The molecule has 90 valence electrons. The lowest BCUT2D eigenvalue weighted by atomic mass is 9.73. The first-order valence-electron chi connectivity index (χ1n) is 6.64. The van der Waals surface area contributed by atoms with E-state index in [0.717, 1.165) is 31.2 Å². The molecule has 2 N–H and O–H groups in total. The number of carboxylic acids is 1. The van der Waals surface area contributed by atoms with Crippen LogP contribution < -0.4 is 5.32 Å². The van der Waals surface area contributed by atoms with Gasteiger partial charge in [-0.1, -0.05) is 6.42 Å². The van der Waals surface area contributed by atoms with Gasteiger partial charge in [0.05, 0.1) is 5.41 Å². The Morgan fingerprint density at radius 1 is 1.38 bits per heavy atom. The van der Waals surface area contributed by atoms with Crippen LogP contribution >= 0.6 is 0 Å². The van der Waals surface area contributed by atoms with Gasteiger partial charge in [0.25, 0.3) is 0 Å². The van der Waals surface area contributed by atoms with Crippen LogP contribution in [0.2, 0.25) is 0 Å². The predicted octanol–water partition coefficient (Wildman–Crippen LogP) is 1.88. The summed E-state index contributed by atoms with van der Waals surface area (Å²) >= 11 is 0. The highest BCUT2D eigenvalue weighted by atomic mass is 16.4. The number of carbonyl (C=O) groups is 1. The minimum atomic E-state index is -0.569. The molecule has 4 atom stereocenters. The molecule has 2 aliphatic carbocycles. The Hall–Kier alpha value is -0.570. The van der Waals surface area contributed by atoms with Crippen LogP contribution in [0.25, 0.3) is 0 Å². The van der Waals surface area contributed by atoms with Crippen LogP contribution in [0, 0.1) is 23.2 Å². The minimum absolute atomic E-state index is 0.435. The topological polar surface area (TPSA) is 49.3 Å². The van der Waals surface area contributed by atoms with Crippen molar-refractivity contribution in [2.75, 3.05) is 13.1 Å². The van der Waals surface area contributed by atoms with Gasteiger partial charge in [-0.3, -0.25) is 4.79 Å². The molecular weight excluding hydrogens is 202 g/mol. The van der Waals surface area contributed by atoms with Crippen molar-refractivity contribution in [3.63, 3.8) is 0 Å². The van der Waals surface area contributed by atoms with Crippen molar-refractivity contribution in [3.05, 3.63) is 0 Å². The number of hydrogen-bond acceptors (Lipinski definition) is 2. The Morgan fingerprint density at radius 2 is 2.25 bits per heavy atom. The average molecular weight is 223 g/mol. The van der Waals surface area contributed by atoms with Crippen molar-refractivity contribution >= 4 is 5.97 Å². The van der Waals surface area contributed by atoms with Crippen LogP contribution in [0.5, 0.6) is 0 Å². The molecule has 16 heavy (non-hydrogen) atoms. The van der Waals surface area contributed by atoms with E-state index in [1.807, 2.05) is 0 Å². The van der Waals surface area contributed by atoms with Gasteiger partial charge >= 0.3 is 5.97 Å². The van der Waals surface area contributed by atoms with Gasteiger partial charge in [0.15, 0.2) is 0 Å². The summed E-state index contributed by atoms with van der Waals surface area (Å²) in [6, 6.07) is 0. The SMILES string of the molecule is O=C(O)C1(CC2CC3CCC2C3)CCNC1. The fourth-order valence-corrected chi connectivity index (χ4v) is 4.32. The summed E-state index contributed by atoms with van der Waals surface area (Å²) in [5, 5.41) is 12.7. The van der Waals surface area contributed by atoms with E-state index in [1.165, 1.54) is 25.7 Å². The Labute approximate surface area is 96.6 Å². The van der Waals surface area contributed by atoms with E-state index in [-0.39, 0.29) is 0 Å². The molecular formula is C13H21NO2. The Balaban J connectivity index is 1.70. The predicted molar refractivity (Wildman–Crippen MR) is 61.1 cm³/mol. The van der Waals surface area contributed by atoms with Crippen LogP contribution in [0.1, 0.15) is 38.5 Å². The maximum atomic E-state index is 11.5. The normalized spacial score (nSPS) is 46.4. The standard InChI is InChI=1S/C13H21NO2/c15-12(16)13(3-4-14-8-13)7-11-6-9-1-2-10(11)5-9/h9-11,14H,1-8H2,(H,15,16). The van der Waals surface area contributed by atoms with E-state index in [1.54, 1.807) is 0 Å². The highest BCUT2D eigenvalue weighted by Gasteiger charge is 2.48. The van der Waals surface area contributed by atoms with Gasteiger partial charge in [0.1, 0.15) is 0 Å². The van der Waals surface area contributed by atoms with Crippen molar-refractivity contribution in [1.82, 2.24) is 5.32 Å². The lowest BCUT2D eigenvalue weighted by molar-refractivity contribution is -0.149. The zero-order valence-corrected chi connectivity index (χ0v) is 9.74. The van der Waals surface area contributed by atoms with Gasteiger partial charge in [-0.2, -0.15) is 0 Å². The van der Waals surface area contributed by atoms with Crippen molar-refractivity contribution in [3.8, 4) is 0 Å². The number of nitrogens with one attached hydrogen (secondary N) is 1. The number of fused-ring (bicyclic) bond motifs is 2. The molecule has 4 unspecified atom stereocenters. The van der Waals surface area contributed by atoms with E-state index in [0.29, 0.717) is 12.5 Å². The van der Waals surface area contributed by atoms with Crippen LogP contribution in [-0.4, -0.2) is 24.2 Å². The number of aliphatic carboxylic acids is 1. The van der Waals surface area contributed by atoms with Crippen molar-refractivity contribution in [1.29, 1.82) is 0 Å². The van der Waals surface area contributed by atoms with E-state index >= 15 is 0 Å². The van der Waals surface area contributed by atoms with Crippen LogP contribution in [-0.2, 0) is 4.79 Å². The molecule has 0 amide bonds. The molecule has 2 saturated carbocycles. The molecule has 0 aromatic heterocycles. The van der Waals surface area contributed by atoms with Crippen LogP contribution in [0.3, 0.4) is 0 Å². The average Bonchev–Trinajstić information content (AvgIpc) is 2.92. The first kappa shape index (κ1) is 10.6. The molecule has 3 rings (SSSR count). The second-order valence-electron chi connectivity index (χ2n) is 6.15. The first-order chi connectivity index (χ1) is 7.70. The highest BCUT2D eigenvalue weighted by Crippen LogP contribution is 2.52. The third kappa shape index (κ3) is 1.56. The maximum Gasteiger partial charge on any atom is 0.310 e. The Kier molecular flexibility index (Phi) is 2.46. The number of rotatable bonds is 3. The van der Waals surface area contributed by atoms with Crippen LogP contribution in [0.4, 0.5) is 0 Å². The summed E-state index contributed by atoms with van der Waals surface area (Å²) in [6.07, 6.45) is 7.21. The zero-order chi connectivity index (χ0) is 11.2. The van der Waals surface area contributed by atoms with Gasteiger partial charge < -0.3 is 10.4 Å². The van der Waals surface area contributed by atoms with E-state index < -0.39 is 11.4 Å². The molecule has 3 fully saturated rings. The Bertz CT molecular complexity index is 296. The lowest BCUT2D eigenvalue weighted by Crippen LogP contribution is -2.36. The molecule has 1 aliphatic heterocycles. The van der Waals surface area contributed by atoms with Gasteiger partial charge in [-0.25, -0.2) is 0 Å². The smallest absolute Gasteiger partial charge is 0.310 e. The molecule has 3 nitrogen and oxygen atoms in total. The molecule has 0 aromatic rings. The molecule has 2 bridgehead atoms. The molecule has 1 saturated heterocycles. The third-order valence-electron chi connectivity index (χ3n) is 5.23. The van der Waals surface area contributed by atoms with Gasteiger partial charge in [-0.05, 0) is 56.4 Å². The summed E-state index contributed by atoms with van der Waals surface area (Å²) in [5.41, 5.74) is -0.435. The molecule has 0 spiro atoms. The van der Waals surface area contributed by atoms with E-state index in [2.05, 4.69) is 5.32 Å². The van der Waals surface area contributed by atoms with Crippen molar-refractivity contribution in [2.24, 2.45) is 23.2 Å². The molecule has 3 aliphatic rings. The zero-order valence-electron chi connectivity index (χ0n) is 9.74. The molecule has 0 radical (unpaired) electrons. The quantitative estimate of drug-likeness (QED) is 0.768. The van der Waals surface area contributed by atoms with Crippen LogP contribution in [0.15, 0.2) is 0 Å². The first-order valence-corrected chi connectivity index (χ1v) is 6.64. The minimum Gasteiger partial charge on any atom is -0.481 e. The van der Waals surface area contributed by atoms with Crippen molar-refractivity contribution < 1.29 is 9.90 Å². The summed E-state index contributed by atoms with van der Waals surface area (Å²) in [6.45, 7) is 1.57. The van der Waals surface area contributed by atoms with E-state index in [4.69, 9.17) is 0 Å². The summed E-state index contributed by atoms with van der Waals surface area (Å²) in [7, 11) is 0. The fraction of sp³-hybridized carbons (Fsp3) is 0.923.